The van der Waals surface area contributed by atoms with Gasteiger partial charge in [0.2, 0.25) is 0 Å². The van der Waals surface area contributed by atoms with Crippen LogP contribution in [-0.4, -0.2) is 23.9 Å². The third-order valence-corrected chi connectivity index (χ3v) is 3.40. The highest BCUT2D eigenvalue weighted by molar-refractivity contribution is 5.98. The van der Waals surface area contributed by atoms with E-state index in [-0.39, 0.29) is 5.91 Å². The molecule has 1 amide bonds. The summed E-state index contributed by atoms with van der Waals surface area (Å²) in [6.07, 6.45) is 1.07. The molecule has 20 heavy (non-hydrogen) atoms. The number of benzene rings is 1. The number of nitrogens with one attached hydrogen (secondary N) is 1. The molecule has 0 spiro atoms. The fraction of sp³-hybridized carbons (Fsp3) is 0.400. The molecule has 0 bridgehead atoms. The van der Waals surface area contributed by atoms with Crippen molar-refractivity contribution in [2.45, 2.75) is 26.8 Å². The van der Waals surface area contributed by atoms with Gasteiger partial charge in [-0.15, -0.1) is 0 Å². The molecule has 1 aromatic carbocycles. The first-order valence-electron chi connectivity index (χ1n) is 6.94. The Labute approximate surface area is 118 Å². The number of nitrogens with two attached hydrogens (primary N) is 1. The molecule has 2 rings (SSSR count). The van der Waals surface area contributed by atoms with E-state index in [2.05, 4.69) is 24.2 Å². The topological polar surface area (TPSA) is 71.5 Å². The molecule has 0 unspecified atom stereocenters. The summed E-state index contributed by atoms with van der Waals surface area (Å²) in [5, 5.41) is 0.973. The summed E-state index contributed by atoms with van der Waals surface area (Å²) in [4.78, 5) is 14.2. The number of rotatable bonds is 6. The van der Waals surface area contributed by atoms with Gasteiger partial charge in [-0.25, -0.2) is 5.84 Å². The average molecular weight is 275 g/mol. The van der Waals surface area contributed by atoms with Crippen molar-refractivity contribution in [3.63, 3.8) is 0 Å². The van der Waals surface area contributed by atoms with E-state index in [1.54, 1.807) is 0 Å². The number of hydrazine groups is 1. The van der Waals surface area contributed by atoms with Crippen molar-refractivity contribution in [2.24, 2.45) is 5.84 Å². The van der Waals surface area contributed by atoms with Crippen molar-refractivity contribution in [3.8, 4) is 0 Å². The number of fused-ring (bicyclic) bond motifs is 1. The summed E-state index contributed by atoms with van der Waals surface area (Å²) in [6, 6.07) is 7.68. The van der Waals surface area contributed by atoms with Gasteiger partial charge in [0.15, 0.2) is 5.76 Å². The molecule has 0 aliphatic carbocycles. The Morgan fingerprint density at radius 3 is 2.75 bits per heavy atom. The van der Waals surface area contributed by atoms with E-state index in [0.29, 0.717) is 17.9 Å². The summed E-state index contributed by atoms with van der Waals surface area (Å²) < 4.78 is 5.66. The lowest BCUT2D eigenvalue weighted by Gasteiger charge is -2.19. The van der Waals surface area contributed by atoms with Gasteiger partial charge in [-0.05, 0) is 25.6 Å². The summed E-state index contributed by atoms with van der Waals surface area (Å²) >= 11 is 0. The number of furan rings is 1. The molecule has 0 radical (unpaired) electrons. The van der Waals surface area contributed by atoms with Crippen LogP contribution in [0.4, 0.5) is 0 Å². The Kier molecular flexibility index (Phi) is 4.76. The lowest BCUT2D eigenvalue weighted by Crippen LogP contribution is -2.31. The van der Waals surface area contributed by atoms with Crippen molar-refractivity contribution < 1.29 is 9.21 Å². The normalized spacial score (nSPS) is 11.2. The Morgan fingerprint density at radius 1 is 1.35 bits per heavy atom. The second kappa shape index (κ2) is 6.54. The predicted molar refractivity (Wildman–Crippen MR) is 79.1 cm³/mol. The number of hydrogen-bond acceptors (Lipinski definition) is 4. The quantitative estimate of drug-likeness (QED) is 0.482. The number of nitrogens with zero attached hydrogens (tertiary/aromatic N) is 1. The molecule has 0 aliphatic heterocycles. The number of para-hydroxylation sites is 1. The van der Waals surface area contributed by atoms with Gasteiger partial charge < -0.3 is 4.42 Å². The summed E-state index contributed by atoms with van der Waals surface area (Å²) in [5.74, 6) is 5.17. The summed E-state index contributed by atoms with van der Waals surface area (Å²) in [7, 11) is 0. The van der Waals surface area contributed by atoms with Crippen LogP contribution in [0.1, 0.15) is 36.4 Å². The van der Waals surface area contributed by atoms with Crippen LogP contribution in [0.3, 0.4) is 0 Å². The van der Waals surface area contributed by atoms with Crippen LogP contribution in [0.25, 0.3) is 11.0 Å². The van der Waals surface area contributed by atoms with Gasteiger partial charge in [0.05, 0.1) is 0 Å². The minimum Gasteiger partial charge on any atom is -0.451 e. The van der Waals surface area contributed by atoms with Gasteiger partial charge in [-0.3, -0.25) is 15.1 Å². The highest BCUT2D eigenvalue weighted by atomic mass is 16.3. The van der Waals surface area contributed by atoms with Crippen molar-refractivity contribution in [1.29, 1.82) is 0 Å². The minimum absolute atomic E-state index is 0.309. The predicted octanol–water partition coefficient (Wildman–Crippen LogP) is 2.27. The van der Waals surface area contributed by atoms with Crippen LogP contribution in [0.5, 0.6) is 0 Å². The van der Waals surface area contributed by atoms with Crippen LogP contribution >= 0.6 is 0 Å². The molecule has 3 N–H and O–H groups in total. The third-order valence-electron chi connectivity index (χ3n) is 3.40. The van der Waals surface area contributed by atoms with Gasteiger partial charge in [-0.1, -0.05) is 32.0 Å². The Bertz CT molecular complexity index is 592. The molecule has 108 valence electrons. The number of nitrogen functional groups attached to an aromatic ring is 1. The molecule has 1 aromatic heterocycles. The van der Waals surface area contributed by atoms with Crippen molar-refractivity contribution in [3.05, 3.63) is 35.6 Å². The maximum absolute atomic E-state index is 11.9. The molecule has 0 atom stereocenters. The first kappa shape index (κ1) is 14.6. The Balaban J connectivity index is 2.45. The smallest absolute Gasteiger partial charge is 0.301 e. The molecule has 0 aliphatic rings. The highest BCUT2D eigenvalue weighted by Gasteiger charge is 2.21. The summed E-state index contributed by atoms with van der Waals surface area (Å²) in [5.41, 5.74) is 3.77. The number of carbonyl (C=O) groups excluding carboxylic acids is 1. The molecule has 0 saturated carbocycles. The van der Waals surface area contributed by atoms with Gasteiger partial charge in [0.25, 0.3) is 0 Å². The SMILES string of the molecule is CCCN(CC)Cc1c(C(=O)NN)oc2ccccc12. The monoisotopic (exact) mass is 275 g/mol. The lowest BCUT2D eigenvalue weighted by atomic mass is 10.1. The lowest BCUT2D eigenvalue weighted by molar-refractivity contribution is 0.0925. The molecule has 5 heteroatoms. The molecule has 2 aromatic rings. The molecule has 0 saturated heterocycles. The van der Waals surface area contributed by atoms with Crippen LogP contribution in [0.2, 0.25) is 0 Å². The molecule has 0 fully saturated rings. The van der Waals surface area contributed by atoms with E-state index in [1.165, 1.54) is 0 Å². The summed E-state index contributed by atoms with van der Waals surface area (Å²) in [6.45, 7) is 6.85. The highest BCUT2D eigenvalue weighted by Crippen LogP contribution is 2.27. The van der Waals surface area contributed by atoms with Gasteiger partial charge in [0.1, 0.15) is 5.58 Å². The largest absolute Gasteiger partial charge is 0.451 e. The fourth-order valence-corrected chi connectivity index (χ4v) is 2.39. The van der Waals surface area contributed by atoms with Gasteiger partial charge in [0, 0.05) is 17.5 Å². The van der Waals surface area contributed by atoms with Crippen LogP contribution in [0.15, 0.2) is 28.7 Å². The first-order valence-corrected chi connectivity index (χ1v) is 6.94. The van der Waals surface area contributed by atoms with E-state index in [4.69, 9.17) is 10.3 Å². The first-order chi connectivity index (χ1) is 9.71. The van der Waals surface area contributed by atoms with E-state index >= 15 is 0 Å². The maximum atomic E-state index is 11.9. The Hall–Kier alpha value is -1.85. The Morgan fingerprint density at radius 2 is 2.10 bits per heavy atom. The van der Waals surface area contributed by atoms with Crippen LogP contribution in [0, 0.1) is 0 Å². The molecule has 5 nitrogen and oxygen atoms in total. The van der Waals surface area contributed by atoms with E-state index in [0.717, 1.165) is 30.5 Å². The average Bonchev–Trinajstić information content (AvgIpc) is 2.84. The number of carbonyl (C=O) groups is 1. The molecular weight excluding hydrogens is 254 g/mol. The van der Waals surface area contributed by atoms with Gasteiger partial charge in [-0.2, -0.15) is 0 Å². The second-order valence-electron chi connectivity index (χ2n) is 4.75. The maximum Gasteiger partial charge on any atom is 0.301 e. The minimum atomic E-state index is -0.385. The fourth-order valence-electron chi connectivity index (χ4n) is 2.39. The van der Waals surface area contributed by atoms with E-state index in [1.807, 2.05) is 24.3 Å². The van der Waals surface area contributed by atoms with Crippen molar-refractivity contribution >= 4 is 16.9 Å². The number of hydrogen-bond donors (Lipinski definition) is 2. The second-order valence-corrected chi connectivity index (χ2v) is 4.75. The number of amides is 1. The zero-order valence-electron chi connectivity index (χ0n) is 12.0. The van der Waals surface area contributed by atoms with Crippen molar-refractivity contribution in [1.82, 2.24) is 10.3 Å². The van der Waals surface area contributed by atoms with E-state index < -0.39 is 0 Å². The zero-order valence-corrected chi connectivity index (χ0v) is 12.0. The third kappa shape index (κ3) is 2.84. The van der Waals surface area contributed by atoms with Crippen LogP contribution < -0.4 is 11.3 Å². The standard InChI is InChI=1S/C15H21N3O2/c1-3-9-18(4-2)10-12-11-7-5-6-8-13(11)20-14(12)15(19)17-16/h5-8H,3-4,9-10,16H2,1-2H3,(H,17,19). The molecular formula is C15H21N3O2. The van der Waals surface area contributed by atoms with Crippen molar-refractivity contribution in [2.75, 3.05) is 13.1 Å². The van der Waals surface area contributed by atoms with Gasteiger partial charge >= 0.3 is 5.91 Å². The zero-order chi connectivity index (χ0) is 14.5. The molecule has 1 heterocycles. The van der Waals surface area contributed by atoms with Crippen LogP contribution in [-0.2, 0) is 6.54 Å². The van der Waals surface area contributed by atoms with E-state index in [9.17, 15) is 4.79 Å².